The van der Waals surface area contributed by atoms with Gasteiger partial charge in [-0.1, -0.05) is 46.4 Å². The molecule has 0 atom stereocenters. The first-order valence-electron chi connectivity index (χ1n) is 12.3. The quantitative estimate of drug-likeness (QED) is 0.226. The molecule has 0 radical (unpaired) electrons. The highest BCUT2D eigenvalue weighted by atomic mass is 35.5. The molecule has 0 amide bonds. The standard InChI is InChI=1S/4C6H9ClN4/c4*1-11(2)5-3-4(7)9-6(8)10-5/h4*3H,1-2H3,(H2,8,9,10). The molecular weight excluding hydrogens is 654 g/mol. The van der Waals surface area contributed by atoms with Crippen molar-refractivity contribution in [3.63, 3.8) is 0 Å². The number of hydrogen-bond donors (Lipinski definition) is 4. The first kappa shape index (κ1) is 37.9. The monoisotopic (exact) mass is 688 g/mol. The number of nitrogen functional groups attached to an aromatic ring is 4. The Morgan fingerprint density at radius 2 is 0.523 bits per heavy atom. The predicted molar refractivity (Wildman–Crippen MR) is 183 cm³/mol. The SMILES string of the molecule is CN(C)c1cc(Cl)nc(N)n1.CN(C)c1cc(Cl)nc(N)n1.CN(C)c1cc(Cl)nc(N)n1.CN(C)c1cc(Cl)nc(N)n1. The van der Waals surface area contributed by atoms with Crippen molar-refractivity contribution >= 4 is 93.5 Å². The van der Waals surface area contributed by atoms with Crippen LogP contribution in [0.15, 0.2) is 24.3 Å². The molecule has 4 heterocycles. The lowest BCUT2D eigenvalue weighted by Gasteiger charge is -2.10. The lowest BCUT2D eigenvalue weighted by Crippen LogP contribution is -2.12. The number of halogens is 4. The molecule has 0 aliphatic heterocycles. The predicted octanol–water partition coefficient (Wildman–Crippen LogP) is 3.11. The van der Waals surface area contributed by atoms with Gasteiger partial charge in [0, 0.05) is 80.6 Å². The van der Waals surface area contributed by atoms with E-state index in [-0.39, 0.29) is 23.8 Å². The van der Waals surface area contributed by atoms with Crippen molar-refractivity contribution in [3.8, 4) is 0 Å². The maximum absolute atomic E-state index is 5.64. The van der Waals surface area contributed by atoms with Crippen LogP contribution in [0.4, 0.5) is 47.1 Å². The summed E-state index contributed by atoms with van der Waals surface area (Å²) in [5.74, 6) is 3.62. The number of nitrogens with zero attached hydrogens (tertiary/aromatic N) is 12. The summed E-state index contributed by atoms with van der Waals surface area (Å²) >= 11 is 22.5. The van der Waals surface area contributed by atoms with E-state index in [1.807, 2.05) is 76.0 Å². The van der Waals surface area contributed by atoms with E-state index < -0.39 is 0 Å². The van der Waals surface area contributed by atoms with E-state index in [0.29, 0.717) is 43.9 Å². The second kappa shape index (κ2) is 17.9. The molecule has 240 valence electrons. The summed E-state index contributed by atoms with van der Waals surface area (Å²) in [6.45, 7) is 0. The van der Waals surface area contributed by atoms with Crippen molar-refractivity contribution < 1.29 is 0 Å². The fourth-order valence-electron chi connectivity index (χ4n) is 2.61. The first-order valence-corrected chi connectivity index (χ1v) is 13.8. The molecule has 0 unspecified atom stereocenters. The van der Waals surface area contributed by atoms with Crippen molar-refractivity contribution in [2.75, 3.05) is 98.9 Å². The Labute approximate surface area is 276 Å². The van der Waals surface area contributed by atoms with Crippen LogP contribution in [0.3, 0.4) is 0 Å². The van der Waals surface area contributed by atoms with E-state index in [1.165, 1.54) is 0 Å². The minimum Gasteiger partial charge on any atom is -0.368 e. The maximum Gasteiger partial charge on any atom is 0.223 e. The summed E-state index contributed by atoms with van der Waals surface area (Å²) in [5, 5.41) is 1.45. The first-order chi connectivity index (χ1) is 20.4. The van der Waals surface area contributed by atoms with Crippen LogP contribution in [-0.2, 0) is 0 Å². The zero-order chi connectivity index (χ0) is 33.7. The minimum absolute atomic E-state index is 0.196. The molecule has 4 aromatic rings. The highest BCUT2D eigenvalue weighted by Crippen LogP contribution is 2.16. The summed E-state index contributed by atoms with van der Waals surface area (Å²) < 4.78 is 0. The summed E-state index contributed by atoms with van der Waals surface area (Å²) in [6.07, 6.45) is 0. The fourth-order valence-corrected chi connectivity index (χ4v) is 3.34. The molecule has 0 saturated carbocycles. The second-order valence-corrected chi connectivity index (χ2v) is 10.8. The second-order valence-electron chi connectivity index (χ2n) is 9.21. The summed E-state index contributed by atoms with van der Waals surface area (Å²) in [4.78, 5) is 37.9. The van der Waals surface area contributed by atoms with Gasteiger partial charge in [-0.25, -0.2) is 19.9 Å². The van der Waals surface area contributed by atoms with Gasteiger partial charge in [-0.2, -0.15) is 19.9 Å². The minimum atomic E-state index is 0.196. The molecule has 0 aliphatic rings. The summed E-state index contributed by atoms with van der Waals surface area (Å²) in [5.41, 5.74) is 21.5. The number of nitrogens with two attached hydrogens (primary N) is 4. The lowest BCUT2D eigenvalue weighted by molar-refractivity contribution is 1.05. The molecule has 0 fully saturated rings. The third kappa shape index (κ3) is 14.4. The van der Waals surface area contributed by atoms with Gasteiger partial charge in [0.25, 0.3) is 0 Å². The van der Waals surface area contributed by atoms with E-state index in [9.17, 15) is 0 Å². The molecule has 0 aromatic carbocycles. The third-order valence-electron chi connectivity index (χ3n) is 4.63. The van der Waals surface area contributed by atoms with Gasteiger partial charge >= 0.3 is 0 Å². The van der Waals surface area contributed by atoms with E-state index in [4.69, 9.17) is 69.3 Å². The van der Waals surface area contributed by atoms with Gasteiger partial charge in [0.1, 0.15) is 43.9 Å². The van der Waals surface area contributed by atoms with Crippen LogP contribution in [0.2, 0.25) is 20.6 Å². The molecular formula is C24H36Cl4N16. The molecule has 44 heavy (non-hydrogen) atoms. The van der Waals surface area contributed by atoms with Crippen LogP contribution >= 0.6 is 46.4 Å². The average molecular weight is 690 g/mol. The number of anilines is 8. The van der Waals surface area contributed by atoms with Gasteiger partial charge in [0.05, 0.1) is 0 Å². The zero-order valence-corrected chi connectivity index (χ0v) is 28.5. The number of hydrogen-bond acceptors (Lipinski definition) is 16. The Morgan fingerprint density at radius 3 is 0.636 bits per heavy atom. The van der Waals surface area contributed by atoms with Gasteiger partial charge in [-0.15, -0.1) is 0 Å². The number of aromatic nitrogens is 8. The van der Waals surface area contributed by atoms with Crippen molar-refractivity contribution in [1.82, 2.24) is 39.9 Å². The van der Waals surface area contributed by atoms with Gasteiger partial charge in [0.15, 0.2) is 0 Å². The van der Waals surface area contributed by atoms with Crippen molar-refractivity contribution in [1.29, 1.82) is 0 Å². The van der Waals surface area contributed by atoms with Crippen molar-refractivity contribution in [2.45, 2.75) is 0 Å². The Hall–Kier alpha value is -4.12. The van der Waals surface area contributed by atoms with Gasteiger partial charge in [-0.3, -0.25) is 0 Å². The van der Waals surface area contributed by atoms with Crippen LogP contribution in [-0.4, -0.2) is 96.3 Å². The smallest absolute Gasteiger partial charge is 0.223 e. The van der Waals surface area contributed by atoms with Crippen LogP contribution in [0.5, 0.6) is 0 Å². The zero-order valence-electron chi connectivity index (χ0n) is 25.5. The molecule has 8 N–H and O–H groups in total. The molecule has 16 nitrogen and oxygen atoms in total. The van der Waals surface area contributed by atoms with Crippen LogP contribution in [0.1, 0.15) is 0 Å². The summed E-state index contributed by atoms with van der Waals surface area (Å²) in [6, 6.07) is 6.60. The van der Waals surface area contributed by atoms with Crippen molar-refractivity contribution in [2.24, 2.45) is 0 Å². The van der Waals surface area contributed by atoms with E-state index >= 15 is 0 Å². The Kier molecular flexibility index (Phi) is 15.4. The average Bonchev–Trinajstić information content (AvgIpc) is 2.87. The largest absolute Gasteiger partial charge is 0.368 e. The molecule has 0 bridgehead atoms. The molecule has 20 heteroatoms. The van der Waals surface area contributed by atoms with Gasteiger partial charge in [-0.05, 0) is 0 Å². The molecule has 0 saturated heterocycles. The topological polar surface area (TPSA) is 220 Å². The van der Waals surface area contributed by atoms with Crippen molar-refractivity contribution in [3.05, 3.63) is 44.9 Å². The number of rotatable bonds is 4. The summed E-state index contributed by atoms with van der Waals surface area (Å²) in [7, 11) is 14.9. The lowest BCUT2D eigenvalue weighted by atomic mass is 10.5. The van der Waals surface area contributed by atoms with Gasteiger partial charge in [0.2, 0.25) is 23.8 Å². The Bertz CT molecular complexity index is 1180. The fraction of sp³-hybridized carbons (Fsp3) is 0.333. The highest BCUT2D eigenvalue weighted by molar-refractivity contribution is 6.30. The highest BCUT2D eigenvalue weighted by Gasteiger charge is 2.03. The van der Waals surface area contributed by atoms with Crippen LogP contribution in [0, 0.1) is 0 Å². The van der Waals surface area contributed by atoms with E-state index in [0.717, 1.165) is 0 Å². The maximum atomic E-state index is 5.64. The molecule has 4 aromatic heterocycles. The Morgan fingerprint density at radius 1 is 0.364 bits per heavy atom. The van der Waals surface area contributed by atoms with Crippen LogP contribution < -0.4 is 42.5 Å². The Balaban J connectivity index is 0.000000293. The van der Waals surface area contributed by atoms with E-state index in [2.05, 4.69) is 39.9 Å². The third-order valence-corrected chi connectivity index (χ3v) is 5.40. The molecule has 4 rings (SSSR count). The molecule has 0 spiro atoms. The van der Waals surface area contributed by atoms with Gasteiger partial charge < -0.3 is 42.5 Å². The van der Waals surface area contributed by atoms with E-state index in [1.54, 1.807) is 24.3 Å². The van der Waals surface area contributed by atoms with Crippen LogP contribution in [0.25, 0.3) is 0 Å². The normalized spacial score (nSPS) is 9.73. The molecule has 0 aliphatic carbocycles.